The highest BCUT2D eigenvalue weighted by atomic mass is 35.5. The lowest BCUT2D eigenvalue weighted by Crippen LogP contribution is -2.33. The van der Waals surface area contributed by atoms with Gasteiger partial charge in [0.15, 0.2) is 0 Å². The molecule has 0 saturated carbocycles. The SMILES string of the molecule is C=CCN(CCC(=O)N1CCc2ccccc21)Cc1ccc(Cl)s1. The van der Waals surface area contributed by atoms with Crippen molar-refractivity contribution in [3.05, 3.63) is 63.8 Å². The van der Waals surface area contributed by atoms with Gasteiger partial charge in [-0.2, -0.15) is 0 Å². The number of carbonyl (C=O) groups excluding carboxylic acids is 1. The van der Waals surface area contributed by atoms with Crippen LogP contribution in [0.5, 0.6) is 0 Å². The molecule has 24 heavy (non-hydrogen) atoms. The Bertz CT molecular complexity index is 728. The van der Waals surface area contributed by atoms with Gasteiger partial charge < -0.3 is 4.90 Å². The molecule has 1 aliphatic rings. The van der Waals surface area contributed by atoms with Gasteiger partial charge in [0, 0.05) is 43.2 Å². The second kappa shape index (κ2) is 7.97. The highest BCUT2D eigenvalue weighted by molar-refractivity contribution is 7.16. The molecule has 2 heterocycles. The number of carbonyl (C=O) groups is 1. The number of thiophene rings is 1. The van der Waals surface area contributed by atoms with Gasteiger partial charge in [0.2, 0.25) is 5.91 Å². The van der Waals surface area contributed by atoms with E-state index in [0.29, 0.717) is 6.42 Å². The van der Waals surface area contributed by atoms with Crippen LogP contribution in [0, 0.1) is 0 Å². The van der Waals surface area contributed by atoms with E-state index in [1.807, 2.05) is 41.3 Å². The van der Waals surface area contributed by atoms with Crippen LogP contribution in [0.2, 0.25) is 4.34 Å². The predicted molar refractivity (Wildman–Crippen MR) is 102 cm³/mol. The molecular weight excluding hydrogens is 340 g/mol. The largest absolute Gasteiger partial charge is 0.312 e. The molecular formula is C19H21ClN2OS. The lowest BCUT2D eigenvalue weighted by atomic mass is 10.2. The molecule has 1 aromatic carbocycles. The molecule has 0 atom stereocenters. The summed E-state index contributed by atoms with van der Waals surface area (Å²) in [5.41, 5.74) is 2.34. The summed E-state index contributed by atoms with van der Waals surface area (Å²) in [6, 6.07) is 12.1. The molecule has 3 nitrogen and oxygen atoms in total. The molecule has 0 saturated heterocycles. The number of nitrogens with zero attached hydrogens (tertiary/aromatic N) is 2. The first-order chi connectivity index (χ1) is 11.7. The monoisotopic (exact) mass is 360 g/mol. The number of amides is 1. The van der Waals surface area contributed by atoms with Crippen molar-refractivity contribution >= 4 is 34.5 Å². The van der Waals surface area contributed by atoms with Gasteiger partial charge in [-0.05, 0) is 30.2 Å². The maximum atomic E-state index is 12.6. The van der Waals surface area contributed by atoms with Crippen LogP contribution in [-0.2, 0) is 17.8 Å². The third kappa shape index (κ3) is 4.07. The zero-order chi connectivity index (χ0) is 16.9. The van der Waals surface area contributed by atoms with Gasteiger partial charge in [-0.3, -0.25) is 9.69 Å². The lowest BCUT2D eigenvalue weighted by Gasteiger charge is -2.22. The third-order valence-corrected chi connectivity index (χ3v) is 5.44. The number of fused-ring (bicyclic) bond motifs is 1. The molecule has 5 heteroatoms. The van der Waals surface area contributed by atoms with E-state index in [1.165, 1.54) is 10.4 Å². The summed E-state index contributed by atoms with van der Waals surface area (Å²) in [5.74, 6) is 0.193. The molecule has 0 unspecified atom stereocenters. The Hall–Kier alpha value is -1.62. The number of hydrogen-bond donors (Lipinski definition) is 0. The van der Waals surface area contributed by atoms with Crippen molar-refractivity contribution in [3.8, 4) is 0 Å². The zero-order valence-corrected chi connectivity index (χ0v) is 15.2. The molecule has 1 aliphatic heterocycles. The third-order valence-electron chi connectivity index (χ3n) is 4.23. The van der Waals surface area contributed by atoms with E-state index < -0.39 is 0 Å². The summed E-state index contributed by atoms with van der Waals surface area (Å²) >= 11 is 7.59. The Kier molecular flexibility index (Phi) is 5.72. The average Bonchev–Trinajstić information content (AvgIpc) is 3.18. The fourth-order valence-corrected chi connectivity index (χ4v) is 4.19. The number of hydrogen-bond acceptors (Lipinski definition) is 3. The predicted octanol–water partition coefficient (Wildman–Crippen LogP) is 4.37. The van der Waals surface area contributed by atoms with E-state index in [2.05, 4.69) is 17.5 Å². The maximum absolute atomic E-state index is 12.6. The minimum absolute atomic E-state index is 0.193. The van der Waals surface area contributed by atoms with E-state index in [-0.39, 0.29) is 5.91 Å². The summed E-state index contributed by atoms with van der Waals surface area (Å²) in [6.45, 7) is 6.90. The van der Waals surface area contributed by atoms with Gasteiger partial charge in [0.1, 0.15) is 0 Å². The summed E-state index contributed by atoms with van der Waals surface area (Å²) < 4.78 is 0.799. The van der Waals surface area contributed by atoms with Crippen LogP contribution in [-0.4, -0.2) is 30.4 Å². The summed E-state index contributed by atoms with van der Waals surface area (Å²) in [7, 11) is 0. The average molecular weight is 361 g/mol. The first kappa shape index (κ1) is 17.2. The van der Waals surface area contributed by atoms with E-state index in [4.69, 9.17) is 11.6 Å². The second-order valence-electron chi connectivity index (χ2n) is 5.90. The molecule has 0 fully saturated rings. The van der Waals surface area contributed by atoms with Gasteiger partial charge >= 0.3 is 0 Å². The number of anilines is 1. The van der Waals surface area contributed by atoms with Crippen molar-refractivity contribution in [2.24, 2.45) is 0 Å². The summed E-state index contributed by atoms with van der Waals surface area (Å²) in [6.07, 6.45) is 3.35. The van der Waals surface area contributed by atoms with Crippen molar-refractivity contribution in [1.82, 2.24) is 4.90 Å². The van der Waals surface area contributed by atoms with E-state index in [1.54, 1.807) is 11.3 Å². The molecule has 1 aromatic heterocycles. The van der Waals surface area contributed by atoms with Crippen LogP contribution < -0.4 is 4.90 Å². The van der Waals surface area contributed by atoms with Crippen molar-refractivity contribution in [2.75, 3.05) is 24.5 Å². The van der Waals surface area contributed by atoms with Crippen molar-refractivity contribution in [2.45, 2.75) is 19.4 Å². The number of para-hydroxylation sites is 1. The maximum Gasteiger partial charge on any atom is 0.228 e. The van der Waals surface area contributed by atoms with Crippen molar-refractivity contribution < 1.29 is 4.79 Å². The molecule has 0 radical (unpaired) electrons. The molecule has 0 N–H and O–H groups in total. The highest BCUT2D eigenvalue weighted by Crippen LogP contribution is 2.28. The van der Waals surface area contributed by atoms with Gasteiger partial charge in [0.05, 0.1) is 4.34 Å². The van der Waals surface area contributed by atoms with Crippen molar-refractivity contribution in [3.63, 3.8) is 0 Å². The normalized spacial score (nSPS) is 13.3. The first-order valence-electron chi connectivity index (χ1n) is 8.13. The molecule has 0 spiro atoms. The molecule has 0 aliphatic carbocycles. The fraction of sp³-hybridized carbons (Fsp3) is 0.316. The minimum atomic E-state index is 0.193. The van der Waals surface area contributed by atoms with E-state index >= 15 is 0 Å². The van der Waals surface area contributed by atoms with E-state index in [9.17, 15) is 4.79 Å². The zero-order valence-electron chi connectivity index (χ0n) is 13.6. The van der Waals surface area contributed by atoms with Crippen LogP contribution in [0.4, 0.5) is 5.69 Å². The van der Waals surface area contributed by atoms with Gasteiger partial charge in [0.25, 0.3) is 0 Å². The minimum Gasteiger partial charge on any atom is -0.312 e. The Morgan fingerprint density at radius 3 is 2.92 bits per heavy atom. The summed E-state index contributed by atoms with van der Waals surface area (Å²) in [4.78, 5) is 18.0. The number of benzene rings is 1. The second-order valence-corrected chi connectivity index (χ2v) is 7.70. The van der Waals surface area contributed by atoms with Gasteiger partial charge in [-0.15, -0.1) is 17.9 Å². The smallest absolute Gasteiger partial charge is 0.228 e. The Morgan fingerprint density at radius 1 is 1.33 bits per heavy atom. The molecule has 2 aromatic rings. The van der Waals surface area contributed by atoms with Gasteiger partial charge in [-0.1, -0.05) is 35.9 Å². The topological polar surface area (TPSA) is 23.6 Å². The highest BCUT2D eigenvalue weighted by Gasteiger charge is 2.24. The van der Waals surface area contributed by atoms with Crippen LogP contribution >= 0.6 is 22.9 Å². The van der Waals surface area contributed by atoms with Crippen molar-refractivity contribution in [1.29, 1.82) is 0 Å². The number of halogens is 1. The lowest BCUT2D eigenvalue weighted by molar-refractivity contribution is -0.118. The number of rotatable bonds is 7. The Balaban J connectivity index is 1.58. The Labute approximate surface area is 152 Å². The van der Waals surface area contributed by atoms with Gasteiger partial charge in [-0.25, -0.2) is 0 Å². The standard InChI is InChI=1S/C19H21ClN2OS/c1-2-11-21(14-16-7-8-18(20)24-16)12-10-19(23)22-13-9-15-5-3-4-6-17(15)22/h2-8H,1,9-14H2. The molecule has 0 bridgehead atoms. The molecule has 3 rings (SSSR count). The van der Waals surface area contributed by atoms with Crippen LogP contribution in [0.25, 0.3) is 0 Å². The Morgan fingerprint density at radius 2 is 2.17 bits per heavy atom. The van der Waals surface area contributed by atoms with Crippen LogP contribution in [0.3, 0.4) is 0 Å². The summed E-state index contributed by atoms with van der Waals surface area (Å²) in [5, 5.41) is 0. The van der Waals surface area contributed by atoms with Crippen LogP contribution in [0.15, 0.2) is 49.1 Å². The quantitative estimate of drug-likeness (QED) is 0.684. The van der Waals surface area contributed by atoms with E-state index in [0.717, 1.165) is 42.6 Å². The molecule has 126 valence electrons. The first-order valence-corrected chi connectivity index (χ1v) is 9.32. The van der Waals surface area contributed by atoms with Crippen LogP contribution in [0.1, 0.15) is 16.9 Å². The molecule has 1 amide bonds. The fourth-order valence-electron chi connectivity index (χ4n) is 3.06.